The second-order valence-electron chi connectivity index (χ2n) is 8.65. The van der Waals surface area contributed by atoms with Gasteiger partial charge in [-0.15, -0.1) is 0 Å². The SMILES string of the molecule is COCCOC(C)(C)C1=CC(=NC(=O)C(C)(C)S(C)(=O)(O)C2CCOCC2)N1O. The van der Waals surface area contributed by atoms with Crippen molar-refractivity contribution in [2.75, 3.05) is 39.8 Å². The lowest BCUT2D eigenvalue weighted by molar-refractivity contribution is -0.120. The molecule has 29 heavy (non-hydrogen) atoms. The van der Waals surface area contributed by atoms with Gasteiger partial charge in [-0.05, 0) is 40.5 Å². The molecular weight excluding hydrogens is 400 g/mol. The Labute approximate surface area is 172 Å². The van der Waals surface area contributed by atoms with Crippen LogP contribution in [0.1, 0.15) is 40.5 Å². The monoisotopic (exact) mass is 434 g/mol. The van der Waals surface area contributed by atoms with E-state index in [1.54, 1.807) is 21.0 Å². The summed E-state index contributed by atoms with van der Waals surface area (Å²) in [5.41, 5.74) is -0.383. The summed E-state index contributed by atoms with van der Waals surface area (Å²) in [4.78, 5) is 16.8. The van der Waals surface area contributed by atoms with Crippen molar-refractivity contribution >= 4 is 21.1 Å². The molecule has 2 N–H and O–H groups in total. The van der Waals surface area contributed by atoms with Crippen LogP contribution in [-0.2, 0) is 28.4 Å². The first-order chi connectivity index (χ1) is 13.2. The largest absolute Gasteiger partial charge is 0.382 e. The van der Waals surface area contributed by atoms with Gasteiger partial charge in [0, 0.05) is 32.7 Å². The number of hydrogen-bond acceptors (Lipinski definition) is 6. The number of amides is 1. The maximum absolute atomic E-state index is 13.6. The lowest BCUT2D eigenvalue weighted by Crippen LogP contribution is -2.62. The molecule has 0 saturated carbocycles. The second kappa shape index (κ2) is 8.16. The number of methoxy groups -OCH3 is 1. The van der Waals surface area contributed by atoms with Gasteiger partial charge in [0.1, 0.15) is 10.3 Å². The molecule has 0 radical (unpaired) electrons. The Morgan fingerprint density at radius 3 is 2.41 bits per heavy atom. The van der Waals surface area contributed by atoms with E-state index in [2.05, 4.69) is 4.99 Å². The van der Waals surface area contributed by atoms with Crippen LogP contribution in [0.5, 0.6) is 0 Å². The third-order valence-corrected chi connectivity index (χ3v) is 10.7. The van der Waals surface area contributed by atoms with E-state index in [9.17, 15) is 18.8 Å². The Morgan fingerprint density at radius 2 is 1.90 bits per heavy atom. The molecule has 0 atom stereocenters. The Morgan fingerprint density at radius 1 is 1.31 bits per heavy atom. The van der Waals surface area contributed by atoms with E-state index in [4.69, 9.17) is 14.2 Å². The van der Waals surface area contributed by atoms with Crippen LogP contribution in [0.2, 0.25) is 0 Å². The average molecular weight is 435 g/mol. The molecule has 2 aliphatic rings. The first kappa shape index (κ1) is 24.1. The molecule has 2 aliphatic heterocycles. The molecule has 0 aromatic heterocycles. The van der Waals surface area contributed by atoms with Crippen LogP contribution >= 0.6 is 0 Å². The third-order valence-electron chi connectivity index (χ3n) is 6.00. The lowest BCUT2D eigenvalue weighted by atomic mass is 9.99. The van der Waals surface area contributed by atoms with Gasteiger partial charge in [0.15, 0.2) is 5.84 Å². The molecule has 0 bridgehead atoms. The maximum atomic E-state index is 13.6. The van der Waals surface area contributed by atoms with Gasteiger partial charge < -0.3 is 18.8 Å². The minimum Gasteiger partial charge on any atom is -0.382 e. The fourth-order valence-corrected chi connectivity index (χ4v) is 5.97. The molecule has 0 unspecified atom stereocenters. The fourth-order valence-electron chi connectivity index (χ4n) is 3.36. The molecule has 2 heterocycles. The molecule has 1 amide bonds. The number of hydroxylamine groups is 2. The number of carbonyl (C=O) groups excluding carboxylic acids is 1. The summed E-state index contributed by atoms with van der Waals surface area (Å²) in [6, 6.07) is 0. The molecule has 2 rings (SSSR count). The summed E-state index contributed by atoms with van der Waals surface area (Å²) in [6.07, 6.45) is 3.61. The zero-order valence-electron chi connectivity index (χ0n) is 18.1. The predicted molar refractivity (Wildman–Crippen MR) is 111 cm³/mol. The summed E-state index contributed by atoms with van der Waals surface area (Å²) < 4.78 is 39.1. The van der Waals surface area contributed by atoms with E-state index in [1.165, 1.54) is 26.2 Å². The molecule has 0 aliphatic carbocycles. The number of rotatable bonds is 8. The standard InChI is InChI=1S/C19H34N2O7S/c1-18(2,28-12-11-26-5)15-13-16(21(15)23)20-17(22)19(3,4)29(6,24,25)14-7-9-27-10-8-14/h13-14,23H,7-12H2,1-6H3,(H,24,25). The van der Waals surface area contributed by atoms with Crippen molar-refractivity contribution in [3.63, 3.8) is 0 Å². The molecule has 9 nitrogen and oxygen atoms in total. The van der Waals surface area contributed by atoms with Crippen LogP contribution in [-0.4, -0.2) is 86.2 Å². The van der Waals surface area contributed by atoms with E-state index in [0.29, 0.717) is 45.0 Å². The van der Waals surface area contributed by atoms with Crippen molar-refractivity contribution < 1.29 is 33.0 Å². The highest BCUT2D eigenvalue weighted by Crippen LogP contribution is 2.43. The number of ether oxygens (including phenoxy) is 3. The second-order valence-corrected chi connectivity index (χ2v) is 13.1. The summed E-state index contributed by atoms with van der Waals surface area (Å²) >= 11 is 0. The highest BCUT2D eigenvalue weighted by atomic mass is 32.3. The van der Waals surface area contributed by atoms with E-state index in [0.717, 1.165) is 5.06 Å². The highest BCUT2D eigenvalue weighted by Gasteiger charge is 2.52. The first-order valence-electron chi connectivity index (χ1n) is 9.66. The van der Waals surface area contributed by atoms with Crippen molar-refractivity contribution in [1.82, 2.24) is 5.06 Å². The molecule has 0 aromatic rings. The normalized spacial score (nSPS) is 22.1. The van der Waals surface area contributed by atoms with Gasteiger partial charge in [-0.1, -0.05) is 0 Å². The molecule has 10 heteroatoms. The van der Waals surface area contributed by atoms with Gasteiger partial charge in [0.25, 0.3) is 5.91 Å². The van der Waals surface area contributed by atoms with Crippen LogP contribution in [0, 0.1) is 0 Å². The predicted octanol–water partition coefficient (Wildman–Crippen LogP) is 1.82. The minimum atomic E-state index is -4.39. The van der Waals surface area contributed by atoms with Gasteiger partial charge in [-0.25, -0.2) is 9.27 Å². The summed E-state index contributed by atoms with van der Waals surface area (Å²) in [6.45, 7) is 7.94. The van der Waals surface area contributed by atoms with Crippen molar-refractivity contribution in [1.29, 1.82) is 0 Å². The topological polar surface area (TPSA) is 118 Å². The Balaban J connectivity index is 2.21. The number of carbonyl (C=O) groups is 1. The van der Waals surface area contributed by atoms with Crippen LogP contribution in [0.15, 0.2) is 16.8 Å². The van der Waals surface area contributed by atoms with E-state index >= 15 is 0 Å². The molecule has 1 fully saturated rings. The summed E-state index contributed by atoms with van der Waals surface area (Å²) in [5.74, 6) is -0.745. The summed E-state index contributed by atoms with van der Waals surface area (Å²) in [5, 5.41) is 10.5. The minimum absolute atomic E-state index is 0.0107. The first-order valence-corrected chi connectivity index (χ1v) is 12.1. The number of aliphatic imine (C=N–C) groups is 1. The van der Waals surface area contributed by atoms with Gasteiger partial charge in [-0.3, -0.25) is 10.0 Å². The van der Waals surface area contributed by atoms with Crippen LogP contribution in [0.25, 0.3) is 0 Å². The lowest BCUT2D eigenvalue weighted by Gasteiger charge is -2.55. The zero-order valence-corrected chi connectivity index (χ0v) is 19.0. The van der Waals surface area contributed by atoms with Crippen LogP contribution < -0.4 is 0 Å². The maximum Gasteiger partial charge on any atom is 0.271 e. The Kier molecular flexibility index (Phi) is 6.78. The molecule has 168 valence electrons. The molecular formula is C19H34N2O7S. The third kappa shape index (κ3) is 4.47. The molecule has 0 spiro atoms. The molecule has 0 aromatic carbocycles. The Bertz CT molecular complexity index is 761. The zero-order chi connectivity index (χ0) is 22.1. The number of hydrogen-bond donors (Lipinski definition) is 2. The summed E-state index contributed by atoms with van der Waals surface area (Å²) in [7, 11) is -2.82. The van der Waals surface area contributed by atoms with Crippen molar-refractivity contribution in [2.24, 2.45) is 4.99 Å². The quantitative estimate of drug-likeness (QED) is 0.556. The van der Waals surface area contributed by atoms with Crippen LogP contribution in [0.3, 0.4) is 0 Å². The van der Waals surface area contributed by atoms with E-state index in [1.807, 2.05) is 0 Å². The molecule has 1 saturated heterocycles. The van der Waals surface area contributed by atoms with Crippen molar-refractivity contribution in [3.05, 3.63) is 11.8 Å². The Hall–Kier alpha value is -1.17. The van der Waals surface area contributed by atoms with Crippen molar-refractivity contribution in [2.45, 2.75) is 56.1 Å². The van der Waals surface area contributed by atoms with E-state index in [-0.39, 0.29) is 5.84 Å². The smallest absolute Gasteiger partial charge is 0.271 e. The number of amidine groups is 1. The number of nitrogens with zero attached hydrogens (tertiary/aromatic N) is 2. The van der Waals surface area contributed by atoms with Crippen molar-refractivity contribution in [3.8, 4) is 0 Å². The van der Waals surface area contributed by atoms with Gasteiger partial charge in [0.2, 0.25) is 0 Å². The van der Waals surface area contributed by atoms with E-state index < -0.39 is 30.9 Å². The fraction of sp³-hybridized carbons (Fsp3) is 0.789. The van der Waals surface area contributed by atoms with Gasteiger partial charge >= 0.3 is 0 Å². The van der Waals surface area contributed by atoms with Crippen LogP contribution in [0.4, 0.5) is 0 Å². The van der Waals surface area contributed by atoms with Gasteiger partial charge in [-0.2, -0.15) is 14.3 Å². The average Bonchev–Trinajstić information content (AvgIpc) is 2.64. The highest BCUT2D eigenvalue weighted by molar-refractivity contribution is 8.16. The van der Waals surface area contributed by atoms with Gasteiger partial charge in [0.05, 0.1) is 24.2 Å².